The Morgan fingerprint density at radius 2 is 2.00 bits per heavy atom. The Morgan fingerprint density at radius 1 is 1.14 bits per heavy atom. The molecule has 1 heterocycles. The third kappa shape index (κ3) is 3.91. The molecule has 21 heavy (non-hydrogen) atoms. The van der Waals surface area contributed by atoms with Crippen molar-refractivity contribution in [2.75, 3.05) is 5.75 Å². The summed E-state index contributed by atoms with van der Waals surface area (Å²) in [5, 5.41) is 4.61. The van der Waals surface area contributed by atoms with Gasteiger partial charge in [-0.05, 0) is 36.3 Å². The molecular formula is C18H23NS2. The van der Waals surface area contributed by atoms with Crippen LogP contribution >= 0.6 is 23.1 Å². The van der Waals surface area contributed by atoms with Gasteiger partial charge in [0, 0.05) is 27.6 Å². The molecule has 1 nitrogen and oxygen atoms in total. The van der Waals surface area contributed by atoms with E-state index in [4.69, 9.17) is 0 Å². The number of thioether (sulfide) groups is 1. The minimum absolute atomic E-state index is 0.706. The Labute approximate surface area is 136 Å². The highest BCUT2D eigenvalue weighted by Crippen LogP contribution is 2.31. The summed E-state index contributed by atoms with van der Waals surface area (Å²) in [6, 6.07) is 15.9. The lowest BCUT2D eigenvalue weighted by Crippen LogP contribution is -2.33. The number of benzene rings is 1. The summed E-state index contributed by atoms with van der Waals surface area (Å²) in [7, 11) is 0. The maximum absolute atomic E-state index is 3.79. The van der Waals surface area contributed by atoms with Crippen LogP contribution in [-0.4, -0.2) is 17.0 Å². The van der Waals surface area contributed by atoms with E-state index in [0.717, 1.165) is 11.8 Å². The molecule has 0 aliphatic heterocycles. The third-order valence-corrected chi connectivity index (χ3v) is 6.55. The Morgan fingerprint density at radius 3 is 2.81 bits per heavy atom. The predicted molar refractivity (Wildman–Crippen MR) is 96.2 cm³/mol. The molecule has 1 N–H and O–H groups in total. The average Bonchev–Trinajstić information content (AvgIpc) is 3.16. The van der Waals surface area contributed by atoms with Crippen molar-refractivity contribution in [1.29, 1.82) is 0 Å². The standard InChI is InChI=1S/C18H23NS2/c1-2-20-18-10-6-9-16(18)19-13-15-11-12-17(21-15)14-7-4-3-5-8-14/h3-5,7-8,11-12,16,18-19H,2,6,9-10,13H2,1H3. The summed E-state index contributed by atoms with van der Waals surface area (Å²) in [6.45, 7) is 3.29. The van der Waals surface area contributed by atoms with Crippen LogP contribution in [0.1, 0.15) is 31.1 Å². The Balaban J connectivity index is 1.58. The minimum atomic E-state index is 0.706. The molecule has 2 atom stereocenters. The molecule has 0 spiro atoms. The zero-order chi connectivity index (χ0) is 14.5. The van der Waals surface area contributed by atoms with Gasteiger partial charge in [-0.15, -0.1) is 11.3 Å². The molecule has 1 fully saturated rings. The maximum atomic E-state index is 3.79. The van der Waals surface area contributed by atoms with Crippen molar-refractivity contribution in [2.24, 2.45) is 0 Å². The van der Waals surface area contributed by atoms with Crippen LogP contribution in [0.4, 0.5) is 0 Å². The fraction of sp³-hybridized carbons (Fsp3) is 0.444. The van der Waals surface area contributed by atoms with Gasteiger partial charge in [0.15, 0.2) is 0 Å². The van der Waals surface area contributed by atoms with Gasteiger partial charge in [0.25, 0.3) is 0 Å². The quantitative estimate of drug-likeness (QED) is 0.788. The molecule has 1 aliphatic rings. The number of thiophene rings is 1. The van der Waals surface area contributed by atoms with Crippen molar-refractivity contribution in [3.05, 3.63) is 47.3 Å². The lowest BCUT2D eigenvalue weighted by Gasteiger charge is -2.19. The van der Waals surface area contributed by atoms with Crippen molar-refractivity contribution >= 4 is 23.1 Å². The molecule has 112 valence electrons. The summed E-state index contributed by atoms with van der Waals surface area (Å²) >= 11 is 4.04. The summed E-state index contributed by atoms with van der Waals surface area (Å²) in [6.07, 6.45) is 4.11. The van der Waals surface area contributed by atoms with E-state index in [0.29, 0.717) is 6.04 Å². The SMILES string of the molecule is CCSC1CCCC1NCc1ccc(-c2ccccc2)s1. The van der Waals surface area contributed by atoms with E-state index >= 15 is 0 Å². The first kappa shape index (κ1) is 15.1. The molecule has 2 unspecified atom stereocenters. The van der Waals surface area contributed by atoms with Crippen LogP contribution in [0.3, 0.4) is 0 Å². The van der Waals surface area contributed by atoms with Gasteiger partial charge in [-0.3, -0.25) is 0 Å². The fourth-order valence-electron chi connectivity index (χ4n) is 3.04. The molecule has 3 heteroatoms. The van der Waals surface area contributed by atoms with Crippen LogP contribution in [0.2, 0.25) is 0 Å². The smallest absolute Gasteiger partial charge is 0.0346 e. The normalized spacial score (nSPS) is 21.8. The highest BCUT2D eigenvalue weighted by Gasteiger charge is 2.26. The van der Waals surface area contributed by atoms with Crippen molar-refractivity contribution < 1.29 is 0 Å². The van der Waals surface area contributed by atoms with Gasteiger partial charge in [-0.25, -0.2) is 0 Å². The second-order valence-electron chi connectivity index (χ2n) is 5.54. The molecule has 0 radical (unpaired) electrons. The van der Waals surface area contributed by atoms with Gasteiger partial charge in [0.05, 0.1) is 0 Å². The number of rotatable bonds is 6. The van der Waals surface area contributed by atoms with Crippen LogP contribution in [-0.2, 0) is 6.54 Å². The first-order chi connectivity index (χ1) is 10.4. The van der Waals surface area contributed by atoms with Crippen LogP contribution in [0, 0.1) is 0 Å². The first-order valence-corrected chi connectivity index (χ1v) is 9.72. The lowest BCUT2D eigenvalue weighted by atomic mass is 10.2. The van der Waals surface area contributed by atoms with E-state index in [1.807, 2.05) is 11.3 Å². The van der Waals surface area contributed by atoms with Gasteiger partial charge in [-0.2, -0.15) is 11.8 Å². The molecule has 0 bridgehead atoms. The van der Waals surface area contributed by atoms with E-state index in [1.165, 1.54) is 40.3 Å². The van der Waals surface area contributed by atoms with Crippen molar-refractivity contribution in [1.82, 2.24) is 5.32 Å². The molecule has 0 amide bonds. The van der Waals surface area contributed by atoms with Crippen LogP contribution in [0.25, 0.3) is 10.4 Å². The summed E-state index contributed by atoms with van der Waals surface area (Å²) < 4.78 is 0. The molecule has 2 aromatic rings. The number of nitrogens with one attached hydrogen (secondary N) is 1. The van der Waals surface area contributed by atoms with Crippen LogP contribution < -0.4 is 5.32 Å². The van der Waals surface area contributed by atoms with E-state index in [-0.39, 0.29) is 0 Å². The molecule has 3 rings (SSSR count). The van der Waals surface area contributed by atoms with E-state index in [1.54, 1.807) is 0 Å². The van der Waals surface area contributed by atoms with Crippen molar-refractivity contribution in [2.45, 2.75) is 44.0 Å². The van der Waals surface area contributed by atoms with Crippen molar-refractivity contribution in [3.63, 3.8) is 0 Å². The van der Waals surface area contributed by atoms with Crippen molar-refractivity contribution in [3.8, 4) is 10.4 Å². The Hall–Kier alpha value is -0.770. The molecule has 0 saturated heterocycles. The number of hydrogen-bond donors (Lipinski definition) is 1. The highest BCUT2D eigenvalue weighted by molar-refractivity contribution is 7.99. The molecular weight excluding hydrogens is 294 g/mol. The summed E-state index contributed by atoms with van der Waals surface area (Å²) in [5.74, 6) is 1.24. The van der Waals surface area contributed by atoms with Gasteiger partial charge < -0.3 is 5.32 Å². The predicted octanol–water partition coefficient (Wildman–Crippen LogP) is 5.18. The zero-order valence-corrected chi connectivity index (χ0v) is 14.2. The second kappa shape index (κ2) is 7.48. The fourth-order valence-corrected chi connectivity index (χ4v) is 5.23. The van der Waals surface area contributed by atoms with Crippen LogP contribution in [0.15, 0.2) is 42.5 Å². The Bertz CT molecular complexity index is 549. The minimum Gasteiger partial charge on any atom is -0.308 e. The van der Waals surface area contributed by atoms with Gasteiger partial charge in [0.2, 0.25) is 0 Å². The monoisotopic (exact) mass is 317 g/mol. The molecule has 1 aromatic carbocycles. The van der Waals surface area contributed by atoms with Gasteiger partial charge >= 0.3 is 0 Å². The molecule has 1 aromatic heterocycles. The van der Waals surface area contributed by atoms with E-state index in [2.05, 4.69) is 66.5 Å². The second-order valence-corrected chi connectivity index (χ2v) is 8.23. The maximum Gasteiger partial charge on any atom is 0.0346 e. The topological polar surface area (TPSA) is 12.0 Å². The number of hydrogen-bond acceptors (Lipinski definition) is 3. The third-order valence-electron chi connectivity index (χ3n) is 4.09. The zero-order valence-electron chi connectivity index (χ0n) is 12.5. The molecule has 1 saturated carbocycles. The van der Waals surface area contributed by atoms with E-state index < -0.39 is 0 Å². The Kier molecular flexibility index (Phi) is 5.39. The van der Waals surface area contributed by atoms with E-state index in [9.17, 15) is 0 Å². The summed E-state index contributed by atoms with van der Waals surface area (Å²) in [4.78, 5) is 2.82. The average molecular weight is 318 g/mol. The van der Waals surface area contributed by atoms with Gasteiger partial charge in [-0.1, -0.05) is 43.7 Å². The van der Waals surface area contributed by atoms with Gasteiger partial charge in [0.1, 0.15) is 0 Å². The lowest BCUT2D eigenvalue weighted by molar-refractivity contribution is 0.535. The largest absolute Gasteiger partial charge is 0.308 e. The summed E-state index contributed by atoms with van der Waals surface area (Å²) in [5.41, 5.74) is 1.33. The highest BCUT2D eigenvalue weighted by atomic mass is 32.2. The molecule has 1 aliphatic carbocycles. The first-order valence-electron chi connectivity index (χ1n) is 7.86. The van der Waals surface area contributed by atoms with Crippen LogP contribution in [0.5, 0.6) is 0 Å².